The molecule has 134 valence electrons. The van der Waals surface area contributed by atoms with E-state index in [2.05, 4.69) is 25.6 Å². The highest BCUT2D eigenvalue weighted by atomic mass is 16.3. The lowest BCUT2D eigenvalue weighted by atomic mass is 10.1. The smallest absolute Gasteiger partial charge is 0.268 e. The Bertz CT molecular complexity index is 863. The maximum absolute atomic E-state index is 12.5. The Kier molecular flexibility index (Phi) is 5.60. The lowest BCUT2D eigenvalue weighted by Crippen LogP contribution is -2.30. The third kappa shape index (κ3) is 4.07. The molecule has 0 saturated heterocycles. The van der Waals surface area contributed by atoms with Gasteiger partial charge in [-0.2, -0.15) is 0 Å². The van der Waals surface area contributed by atoms with Crippen molar-refractivity contribution in [1.29, 1.82) is 0 Å². The van der Waals surface area contributed by atoms with Crippen LogP contribution in [0, 0.1) is 0 Å². The number of nitrogens with zero attached hydrogens (tertiary/aromatic N) is 2. The highest BCUT2D eigenvalue weighted by Gasteiger charge is 2.16. The summed E-state index contributed by atoms with van der Waals surface area (Å²) in [4.78, 5) is 23.9. The van der Waals surface area contributed by atoms with Crippen molar-refractivity contribution in [2.75, 3.05) is 18.5 Å². The SMILES string of the molecule is CCNc1cc(-c2c[nH]c(C(=O)N[C@H](CO)c3ccccc3)c2)ncn1. The Hall–Kier alpha value is -3.19. The molecule has 0 fully saturated rings. The van der Waals surface area contributed by atoms with Crippen molar-refractivity contribution in [3.8, 4) is 11.3 Å². The fourth-order valence-electron chi connectivity index (χ4n) is 2.62. The van der Waals surface area contributed by atoms with Crippen molar-refractivity contribution >= 4 is 11.7 Å². The number of aliphatic hydroxyl groups is 1. The van der Waals surface area contributed by atoms with Crippen LogP contribution in [0.1, 0.15) is 29.0 Å². The van der Waals surface area contributed by atoms with E-state index < -0.39 is 6.04 Å². The average Bonchev–Trinajstić information content (AvgIpc) is 3.17. The number of carbonyl (C=O) groups is 1. The van der Waals surface area contributed by atoms with E-state index in [0.29, 0.717) is 11.4 Å². The van der Waals surface area contributed by atoms with Gasteiger partial charge in [0.15, 0.2) is 0 Å². The van der Waals surface area contributed by atoms with Gasteiger partial charge in [-0.25, -0.2) is 9.97 Å². The van der Waals surface area contributed by atoms with E-state index in [0.717, 1.165) is 23.5 Å². The Morgan fingerprint density at radius 1 is 1.23 bits per heavy atom. The lowest BCUT2D eigenvalue weighted by molar-refractivity contribution is 0.0912. The monoisotopic (exact) mass is 351 g/mol. The number of anilines is 1. The maximum atomic E-state index is 12.5. The second-order valence-corrected chi connectivity index (χ2v) is 5.74. The molecule has 1 atom stereocenters. The second-order valence-electron chi connectivity index (χ2n) is 5.74. The van der Waals surface area contributed by atoms with E-state index in [4.69, 9.17) is 0 Å². The van der Waals surface area contributed by atoms with Crippen molar-refractivity contribution < 1.29 is 9.90 Å². The van der Waals surface area contributed by atoms with Gasteiger partial charge in [-0.15, -0.1) is 0 Å². The zero-order chi connectivity index (χ0) is 18.4. The van der Waals surface area contributed by atoms with Gasteiger partial charge in [0, 0.05) is 24.4 Å². The van der Waals surface area contributed by atoms with Crippen LogP contribution in [-0.2, 0) is 0 Å². The van der Waals surface area contributed by atoms with E-state index in [1.807, 2.05) is 43.3 Å². The molecular formula is C19H21N5O2. The number of rotatable bonds is 7. The van der Waals surface area contributed by atoms with Gasteiger partial charge in [0.25, 0.3) is 5.91 Å². The van der Waals surface area contributed by atoms with Crippen molar-refractivity contribution in [2.45, 2.75) is 13.0 Å². The van der Waals surface area contributed by atoms with Gasteiger partial charge in [0.1, 0.15) is 17.8 Å². The number of aromatic nitrogens is 3. The molecular weight excluding hydrogens is 330 g/mol. The summed E-state index contributed by atoms with van der Waals surface area (Å²) in [6, 6.07) is 12.5. The van der Waals surface area contributed by atoms with Gasteiger partial charge in [-0.3, -0.25) is 4.79 Å². The van der Waals surface area contributed by atoms with Crippen LogP contribution in [0.3, 0.4) is 0 Å². The van der Waals surface area contributed by atoms with Crippen LogP contribution in [-0.4, -0.2) is 39.1 Å². The van der Waals surface area contributed by atoms with E-state index in [9.17, 15) is 9.90 Å². The molecule has 0 aliphatic heterocycles. The Morgan fingerprint density at radius 3 is 2.77 bits per heavy atom. The summed E-state index contributed by atoms with van der Waals surface area (Å²) in [7, 11) is 0. The van der Waals surface area contributed by atoms with Crippen LogP contribution in [0.15, 0.2) is 55.0 Å². The van der Waals surface area contributed by atoms with E-state index in [-0.39, 0.29) is 12.5 Å². The molecule has 3 aromatic rings. The quantitative estimate of drug-likeness (QED) is 0.523. The molecule has 0 spiro atoms. The zero-order valence-electron chi connectivity index (χ0n) is 14.4. The Balaban J connectivity index is 1.74. The highest BCUT2D eigenvalue weighted by Crippen LogP contribution is 2.20. The minimum absolute atomic E-state index is 0.179. The molecule has 2 aromatic heterocycles. The number of hydrogen-bond acceptors (Lipinski definition) is 5. The Morgan fingerprint density at radius 2 is 2.04 bits per heavy atom. The van der Waals surface area contributed by atoms with Gasteiger partial charge < -0.3 is 20.7 Å². The van der Waals surface area contributed by atoms with Crippen LogP contribution in [0.2, 0.25) is 0 Å². The molecule has 26 heavy (non-hydrogen) atoms. The number of amides is 1. The first-order valence-corrected chi connectivity index (χ1v) is 8.42. The van der Waals surface area contributed by atoms with Gasteiger partial charge in [-0.05, 0) is 18.6 Å². The molecule has 0 bridgehead atoms. The fraction of sp³-hybridized carbons (Fsp3) is 0.211. The number of nitrogens with one attached hydrogen (secondary N) is 3. The van der Waals surface area contributed by atoms with Gasteiger partial charge in [0.2, 0.25) is 0 Å². The fourth-order valence-corrected chi connectivity index (χ4v) is 2.62. The third-order valence-corrected chi connectivity index (χ3v) is 3.94. The van der Waals surface area contributed by atoms with Crippen molar-refractivity contribution in [2.24, 2.45) is 0 Å². The maximum Gasteiger partial charge on any atom is 0.268 e. The van der Waals surface area contributed by atoms with Crippen LogP contribution in [0.5, 0.6) is 0 Å². The minimum atomic E-state index is -0.463. The summed E-state index contributed by atoms with van der Waals surface area (Å²) in [6.07, 6.45) is 3.21. The molecule has 1 aromatic carbocycles. The van der Waals surface area contributed by atoms with Crippen molar-refractivity contribution in [3.63, 3.8) is 0 Å². The number of benzene rings is 1. The molecule has 4 N–H and O–H groups in total. The molecule has 0 unspecified atom stereocenters. The standard InChI is InChI=1S/C19H21N5O2/c1-2-20-18-9-15(22-12-23-18)14-8-16(21-10-14)19(26)24-17(11-25)13-6-4-3-5-7-13/h3-10,12,17,21,25H,2,11H2,1H3,(H,24,26)(H,20,22,23)/t17-/m1/s1. The predicted molar refractivity (Wildman–Crippen MR) is 99.7 cm³/mol. The molecule has 0 radical (unpaired) electrons. The van der Waals surface area contributed by atoms with Gasteiger partial charge in [0.05, 0.1) is 18.3 Å². The van der Waals surface area contributed by atoms with Gasteiger partial charge in [-0.1, -0.05) is 30.3 Å². The molecule has 0 saturated carbocycles. The second kappa shape index (κ2) is 8.26. The summed E-state index contributed by atoms with van der Waals surface area (Å²) in [5.41, 5.74) is 2.75. The molecule has 2 heterocycles. The average molecular weight is 351 g/mol. The van der Waals surface area contributed by atoms with Crippen LogP contribution in [0.4, 0.5) is 5.82 Å². The summed E-state index contributed by atoms with van der Waals surface area (Å²) < 4.78 is 0. The molecule has 3 rings (SSSR count). The predicted octanol–water partition coefficient (Wildman–Crippen LogP) is 2.37. The van der Waals surface area contributed by atoms with Crippen LogP contribution >= 0.6 is 0 Å². The first-order valence-electron chi connectivity index (χ1n) is 8.42. The largest absolute Gasteiger partial charge is 0.394 e. The highest BCUT2D eigenvalue weighted by molar-refractivity contribution is 5.94. The normalized spacial score (nSPS) is 11.8. The molecule has 0 aliphatic rings. The third-order valence-electron chi connectivity index (χ3n) is 3.94. The lowest BCUT2D eigenvalue weighted by Gasteiger charge is -2.16. The first kappa shape index (κ1) is 17.6. The van der Waals surface area contributed by atoms with E-state index >= 15 is 0 Å². The molecule has 1 amide bonds. The summed E-state index contributed by atoms with van der Waals surface area (Å²) in [6.45, 7) is 2.57. The number of carbonyl (C=O) groups excluding carboxylic acids is 1. The summed E-state index contributed by atoms with van der Waals surface area (Å²) in [5.74, 6) is 0.439. The topological polar surface area (TPSA) is 103 Å². The number of H-pyrrole nitrogens is 1. The zero-order valence-corrected chi connectivity index (χ0v) is 14.4. The number of aliphatic hydroxyl groups excluding tert-OH is 1. The van der Waals surface area contributed by atoms with Gasteiger partial charge >= 0.3 is 0 Å². The molecule has 7 nitrogen and oxygen atoms in total. The van der Waals surface area contributed by atoms with Crippen molar-refractivity contribution in [1.82, 2.24) is 20.3 Å². The summed E-state index contributed by atoms with van der Waals surface area (Å²) >= 11 is 0. The van der Waals surface area contributed by atoms with E-state index in [1.54, 1.807) is 12.3 Å². The van der Waals surface area contributed by atoms with Crippen molar-refractivity contribution in [3.05, 3.63) is 66.2 Å². The molecule has 0 aliphatic carbocycles. The number of hydrogen-bond donors (Lipinski definition) is 4. The Labute approximate surface area is 151 Å². The molecule has 7 heteroatoms. The van der Waals surface area contributed by atoms with Crippen LogP contribution in [0.25, 0.3) is 11.3 Å². The number of aromatic amines is 1. The summed E-state index contributed by atoms with van der Waals surface area (Å²) in [5, 5.41) is 15.6. The first-order chi connectivity index (χ1) is 12.7. The van der Waals surface area contributed by atoms with Crippen LogP contribution < -0.4 is 10.6 Å². The minimum Gasteiger partial charge on any atom is -0.394 e. The van der Waals surface area contributed by atoms with E-state index in [1.165, 1.54) is 6.33 Å².